The van der Waals surface area contributed by atoms with Gasteiger partial charge in [-0.15, -0.1) is 0 Å². The van der Waals surface area contributed by atoms with Crippen molar-refractivity contribution in [2.75, 3.05) is 7.11 Å². The molecule has 2 rings (SSSR count). The molecule has 0 aliphatic carbocycles. The summed E-state index contributed by atoms with van der Waals surface area (Å²) in [7, 11) is 1.26. The van der Waals surface area contributed by atoms with Crippen LogP contribution >= 0.6 is 23.2 Å². The standard InChI is InChI=1S/C15H10Cl2O4/c1-21-15(20)10-4-2-8(7-13(10)17)11-6-9(14(18)19)3-5-12(11)16/h2-7H,1H3,(H,18,19). The average Bonchev–Trinajstić information content (AvgIpc) is 2.46. The molecule has 0 unspecified atom stereocenters. The Morgan fingerprint density at radius 2 is 1.76 bits per heavy atom. The maximum absolute atomic E-state index is 11.5. The number of benzene rings is 2. The zero-order chi connectivity index (χ0) is 15.6. The molecule has 21 heavy (non-hydrogen) atoms. The van der Waals surface area contributed by atoms with Gasteiger partial charge in [0.25, 0.3) is 0 Å². The fourth-order valence-corrected chi connectivity index (χ4v) is 2.32. The molecular formula is C15H10Cl2O4. The van der Waals surface area contributed by atoms with Gasteiger partial charge in [0.1, 0.15) is 0 Å². The first-order valence-electron chi connectivity index (χ1n) is 5.85. The molecule has 2 aromatic rings. The molecule has 0 fully saturated rings. The Morgan fingerprint density at radius 3 is 2.33 bits per heavy atom. The Bertz CT molecular complexity index is 726. The monoisotopic (exact) mass is 324 g/mol. The molecule has 0 aromatic heterocycles. The highest BCUT2D eigenvalue weighted by atomic mass is 35.5. The maximum Gasteiger partial charge on any atom is 0.339 e. The van der Waals surface area contributed by atoms with Crippen LogP contribution in [0.5, 0.6) is 0 Å². The number of ether oxygens (including phenoxy) is 1. The minimum Gasteiger partial charge on any atom is -0.478 e. The fourth-order valence-electron chi connectivity index (χ4n) is 1.84. The van der Waals surface area contributed by atoms with Gasteiger partial charge in [-0.25, -0.2) is 9.59 Å². The molecule has 0 radical (unpaired) electrons. The summed E-state index contributed by atoms with van der Waals surface area (Å²) in [5, 5.41) is 9.62. The van der Waals surface area contributed by atoms with E-state index in [0.717, 1.165) is 0 Å². The van der Waals surface area contributed by atoms with Gasteiger partial charge >= 0.3 is 11.9 Å². The molecule has 0 saturated carbocycles. The highest BCUT2D eigenvalue weighted by Gasteiger charge is 2.14. The second-order valence-electron chi connectivity index (χ2n) is 4.19. The number of carbonyl (C=O) groups excluding carboxylic acids is 1. The smallest absolute Gasteiger partial charge is 0.339 e. The fraction of sp³-hybridized carbons (Fsp3) is 0.0667. The van der Waals surface area contributed by atoms with Crippen molar-refractivity contribution < 1.29 is 19.4 Å². The van der Waals surface area contributed by atoms with Gasteiger partial charge in [0, 0.05) is 10.6 Å². The number of hydrogen-bond acceptors (Lipinski definition) is 3. The largest absolute Gasteiger partial charge is 0.478 e. The summed E-state index contributed by atoms with van der Waals surface area (Å²) in [5.41, 5.74) is 1.48. The first kappa shape index (κ1) is 15.4. The summed E-state index contributed by atoms with van der Waals surface area (Å²) in [6.07, 6.45) is 0. The van der Waals surface area contributed by atoms with E-state index < -0.39 is 11.9 Å². The molecule has 0 heterocycles. The van der Waals surface area contributed by atoms with E-state index in [1.54, 1.807) is 12.1 Å². The third kappa shape index (κ3) is 3.17. The van der Waals surface area contributed by atoms with Crippen molar-refractivity contribution >= 4 is 35.1 Å². The number of carboxylic acid groups (broad SMARTS) is 1. The van der Waals surface area contributed by atoms with Crippen LogP contribution in [0.4, 0.5) is 0 Å². The Hall–Kier alpha value is -2.04. The summed E-state index contributed by atoms with van der Waals surface area (Å²) in [5.74, 6) is -1.60. The lowest BCUT2D eigenvalue weighted by Gasteiger charge is -2.08. The van der Waals surface area contributed by atoms with Crippen LogP contribution in [0, 0.1) is 0 Å². The van der Waals surface area contributed by atoms with Crippen LogP contribution in [-0.4, -0.2) is 24.2 Å². The van der Waals surface area contributed by atoms with Crippen LogP contribution in [-0.2, 0) is 4.74 Å². The van der Waals surface area contributed by atoms with Crippen LogP contribution in [0.25, 0.3) is 11.1 Å². The van der Waals surface area contributed by atoms with Crippen molar-refractivity contribution in [1.29, 1.82) is 0 Å². The predicted octanol–water partition coefficient (Wildman–Crippen LogP) is 4.15. The molecule has 0 aliphatic heterocycles. The van der Waals surface area contributed by atoms with E-state index in [2.05, 4.69) is 4.74 Å². The molecule has 0 spiro atoms. The zero-order valence-corrected chi connectivity index (χ0v) is 12.4. The first-order valence-corrected chi connectivity index (χ1v) is 6.60. The van der Waals surface area contributed by atoms with E-state index in [4.69, 9.17) is 28.3 Å². The number of carbonyl (C=O) groups is 2. The second kappa shape index (κ2) is 6.16. The summed E-state index contributed by atoms with van der Waals surface area (Å²) >= 11 is 12.1. The van der Waals surface area contributed by atoms with Crippen LogP contribution < -0.4 is 0 Å². The predicted molar refractivity (Wildman–Crippen MR) is 80.2 cm³/mol. The normalized spacial score (nSPS) is 10.2. The molecule has 0 aliphatic rings. The topological polar surface area (TPSA) is 63.6 Å². The van der Waals surface area contributed by atoms with Gasteiger partial charge in [-0.3, -0.25) is 0 Å². The minimum absolute atomic E-state index is 0.113. The highest BCUT2D eigenvalue weighted by molar-refractivity contribution is 6.35. The van der Waals surface area contributed by atoms with Crippen molar-refractivity contribution in [2.45, 2.75) is 0 Å². The van der Waals surface area contributed by atoms with Gasteiger partial charge in [0.2, 0.25) is 0 Å². The number of hydrogen-bond donors (Lipinski definition) is 1. The summed E-state index contributed by atoms with van der Waals surface area (Å²) in [6, 6.07) is 9.05. The SMILES string of the molecule is COC(=O)c1ccc(-c2cc(C(=O)O)ccc2Cl)cc1Cl. The lowest BCUT2D eigenvalue weighted by molar-refractivity contribution is 0.0600. The number of aromatic carboxylic acids is 1. The van der Waals surface area contributed by atoms with Crippen molar-refractivity contribution in [3.05, 3.63) is 57.6 Å². The summed E-state index contributed by atoms with van der Waals surface area (Å²) in [6.45, 7) is 0. The molecule has 4 nitrogen and oxygen atoms in total. The van der Waals surface area contributed by atoms with E-state index in [-0.39, 0.29) is 16.1 Å². The van der Waals surface area contributed by atoms with Gasteiger partial charge in [-0.05, 0) is 35.9 Å². The quantitative estimate of drug-likeness (QED) is 0.861. The molecule has 0 atom stereocenters. The van der Waals surface area contributed by atoms with Gasteiger partial charge in [-0.1, -0.05) is 29.3 Å². The average molecular weight is 325 g/mol. The van der Waals surface area contributed by atoms with E-state index in [1.165, 1.54) is 31.4 Å². The number of carboxylic acids is 1. The lowest BCUT2D eigenvalue weighted by atomic mass is 10.0. The highest BCUT2D eigenvalue weighted by Crippen LogP contribution is 2.32. The number of halogens is 2. The zero-order valence-electron chi connectivity index (χ0n) is 10.9. The van der Waals surface area contributed by atoms with E-state index in [9.17, 15) is 9.59 Å². The van der Waals surface area contributed by atoms with Crippen LogP contribution in [0.1, 0.15) is 20.7 Å². The van der Waals surface area contributed by atoms with Crippen molar-refractivity contribution in [3.63, 3.8) is 0 Å². The van der Waals surface area contributed by atoms with Gasteiger partial charge < -0.3 is 9.84 Å². The van der Waals surface area contributed by atoms with E-state index >= 15 is 0 Å². The third-order valence-electron chi connectivity index (χ3n) is 2.90. The summed E-state index contributed by atoms with van der Waals surface area (Å²) in [4.78, 5) is 22.5. The Kier molecular flexibility index (Phi) is 4.50. The molecule has 0 saturated heterocycles. The summed E-state index contributed by atoms with van der Waals surface area (Å²) < 4.78 is 4.61. The van der Waals surface area contributed by atoms with Crippen LogP contribution in [0.15, 0.2) is 36.4 Å². The molecular weight excluding hydrogens is 315 g/mol. The van der Waals surface area contributed by atoms with E-state index in [0.29, 0.717) is 16.1 Å². The number of esters is 1. The number of methoxy groups -OCH3 is 1. The van der Waals surface area contributed by atoms with E-state index in [1.807, 2.05) is 0 Å². The Labute approximate surface area is 130 Å². The van der Waals surface area contributed by atoms with Crippen LogP contribution in [0.3, 0.4) is 0 Å². The van der Waals surface area contributed by atoms with Gasteiger partial charge in [0.05, 0.1) is 23.3 Å². The van der Waals surface area contributed by atoms with Crippen molar-refractivity contribution in [3.8, 4) is 11.1 Å². The molecule has 2 aromatic carbocycles. The van der Waals surface area contributed by atoms with Crippen LogP contribution in [0.2, 0.25) is 10.0 Å². The number of rotatable bonds is 3. The first-order chi connectivity index (χ1) is 9.93. The van der Waals surface area contributed by atoms with Crippen molar-refractivity contribution in [1.82, 2.24) is 0 Å². The molecule has 0 amide bonds. The lowest BCUT2D eigenvalue weighted by Crippen LogP contribution is -2.02. The Balaban J connectivity index is 2.52. The molecule has 108 valence electrons. The Morgan fingerprint density at radius 1 is 1.05 bits per heavy atom. The molecule has 0 bridgehead atoms. The second-order valence-corrected chi connectivity index (χ2v) is 5.00. The van der Waals surface area contributed by atoms with Crippen molar-refractivity contribution in [2.24, 2.45) is 0 Å². The third-order valence-corrected chi connectivity index (χ3v) is 3.54. The maximum atomic E-state index is 11.5. The molecule has 1 N–H and O–H groups in total. The molecule has 6 heteroatoms. The minimum atomic E-state index is -1.05. The van der Waals surface area contributed by atoms with Gasteiger partial charge in [0.15, 0.2) is 0 Å². The van der Waals surface area contributed by atoms with Gasteiger partial charge in [-0.2, -0.15) is 0 Å².